The molecule has 2 atom stereocenters. The van der Waals surface area contributed by atoms with Gasteiger partial charge in [0.1, 0.15) is 40.9 Å². The lowest BCUT2D eigenvalue weighted by Gasteiger charge is -2.37. The summed E-state index contributed by atoms with van der Waals surface area (Å²) in [4.78, 5) is 18.8. The summed E-state index contributed by atoms with van der Waals surface area (Å²) in [6.07, 6.45) is 2.21. The van der Waals surface area contributed by atoms with E-state index >= 15 is 0 Å². The number of fused-ring (bicyclic) bond motifs is 1. The van der Waals surface area contributed by atoms with Gasteiger partial charge in [-0.05, 0) is 32.1 Å². The molecule has 1 saturated heterocycles. The van der Waals surface area contributed by atoms with Crippen molar-refractivity contribution in [3.8, 4) is 22.8 Å². The largest absolute Gasteiger partial charge is 0.507 e. The summed E-state index contributed by atoms with van der Waals surface area (Å²) in [5.74, 6) is -1.29. The van der Waals surface area contributed by atoms with Crippen LogP contribution in [0.2, 0.25) is 5.02 Å². The zero-order chi connectivity index (χ0) is 27.0. The molecule has 2 aromatic heterocycles. The molecule has 0 amide bonds. The summed E-state index contributed by atoms with van der Waals surface area (Å²) in [5, 5.41) is 25.5. The third-order valence-electron chi connectivity index (χ3n) is 6.63. The zero-order valence-electron chi connectivity index (χ0n) is 20.3. The minimum absolute atomic E-state index is 0.0308. The molecular formula is C25H25ClN4O7S. The monoisotopic (exact) mass is 560 g/mol. The highest BCUT2D eigenvalue weighted by atomic mass is 35.5. The summed E-state index contributed by atoms with van der Waals surface area (Å²) in [5.41, 5.74) is 0.324. The Balaban J connectivity index is 1.54. The molecule has 5 rings (SSSR count). The molecule has 4 aromatic rings. The van der Waals surface area contributed by atoms with Gasteiger partial charge in [0.25, 0.3) is 10.0 Å². The maximum absolute atomic E-state index is 13.1. The Morgan fingerprint density at radius 1 is 1.21 bits per heavy atom. The van der Waals surface area contributed by atoms with Gasteiger partial charge < -0.3 is 24.3 Å². The predicted octanol–water partition coefficient (Wildman–Crippen LogP) is 2.80. The molecule has 1 aliphatic heterocycles. The molecule has 1 unspecified atom stereocenters. The van der Waals surface area contributed by atoms with Gasteiger partial charge in [0, 0.05) is 35.7 Å². The quantitative estimate of drug-likeness (QED) is 0.345. The highest BCUT2D eigenvalue weighted by Gasteiger charge is 2.35. The number of nitrogens with zero attached hydrogens (tertiary/aromatic N) is 4. The minimum Gasteiger partial charge on any atom is -0.507 e. The molecule has 0 saturated carbocycles. The fourth-order valence-electron chi connectivity index (χ4n) is 4.78. The van der Waals surface area contributed by atoms with E-state index in [0.717, 1.165) is 22.8 Å². The van der Waals surface area contributed by atoms with Gasteiger partial charge in [-0.3, -0.25) is 4.79 Å². The van der Waals surface area contributed by atoms with E-state index in [2.05, 4.69) is 10.1 Å². The lowest BCUT2D eigenvalue weighted by Crippen LogP contribution is -2.43. The van der Waals surface area contributed by atoms with Crippen molar-refractivity contribution >= 4 is 32.6 Å². The molecule has 3 heterocycles. The number of aromatic nitrogens is 3. The van der Waals surface area contributed by atoms with Crippen molar-refractivity contribution in [1.82, 2.24) is 19.1 Å². The summed E-state index contributed by atoms with van der Waals surface area (Å²) in [7, 11) is -1.85. The number of phenolic OH excluding ortho intramolecular Hbond substituents is 2. The fraction of sp³-hybridized carbons (Fsp3) is 0.320. The molecule has 11 nitrogen and oxygen atoms in total. The molecule has 200 valence electrons. The Kier molecular flexibility index (Phi) is 7.14. The predicted molar refractivity (Wildman–Crippen MR) is 140 cm³/mol. The van der Waals surface area contributed by atoms with Crippen molar-refractivity contribution in [2.75, 3.05) is 32.5 Å². The summed E-state index contributed by atoms with van der Waals surface area (Å²) < 4.78 is 38.0. The van der Waals surface area contributed by atoms with Crippen LogP contribution in [-0.2, 0) is 14.8 Å². The van der Waals surface area contributed by atoms with Gasteiger partial charge in [-0.1, -0.05) is 23.7 Å². The second kappa shape index (κ2) is 10.4. The molecule has 0 radical (unpaired) electrons. The SMILES string of the molecule is CN1CC[C@H](c2c(O)cc(O)c3c(=O)cc(-c4ccccc4Cl)oc23)C(OCCS(=O)(=O)n2cncn2)C1. The smallest absolute Gasteiger partial charge is 0.257 e. The minimum atomic E-state index is -3.76. The molecular weight excluding hydrogens is 536 g/mol. The average Bonchev–Trinajstić information content (AvgIpc) is 3.41. The number of hydrogen-bond acceptors (Lipinski definition) is 10. The van der Waals surface area contributed by atoms with Crippen molar-refractivity contribution in [2.45, 2.75) is 18.4 Å². The summed E-state index contributed by atoms with van der Waals surface area (Å²) in [6, 6.07) is 9.23. The normalized spacial score (nSPS) is 18.7. The third-order valence-corrected chi connectivity index (χ3v) is 8.40. The summed E-state index contributed by atoms with van der Waals surface area (Å²) in [6.45, 7) is 0.950. The van der Waals surface area contributed by atoms with Gasteiger partial charge in [0.15, 0.2) is 5.43 Å². The first kappa shape index (κ1) is 26.2. The fourth-order valence-corrected chi connectivity index (χ4v) is 5.89. The van der Waals surface area contributed by atoms with E-state index < -0.39 is 33.2 Å². The molecule has 2 aromatic carbocycles. The van der Waals surface area contributed by atoms with Gasteiger partial charge in [-0.2, -0.15) is 0 Å². The van der Waals surface area contributed by atoms with Crippen LogP contribution >= 0.6 is 11.6 Å². The van der Waals surface area contributed by atoms with Crippen molar-refractivity contribution < 1.29 is 27.8 Å². The van der Waals surface area contributed by atoms with Crippen molar-refractivity contribution in [1.29, 1.82) is 0 Å². The Bertz CT molecular complexity index is 1640. The van der Waals surface area contributed by atoms with Crippen LogP contribution in [0.1, 0.15) is 17.9 Å². The number of benzene rings is 2. The average molecular weight is 561 g/mol. The number of likely N-dealkylation sites (tertiary alicyclic amines) is 1. The van der Waals surface area contributed by atoms with Crippen LogP contribution in [0.5, 0.6) is 11.5 Å². The lowest BCUT2D eigenvalue weighted by molar-refractivity contribution is -0.00187. The Morgan fingerprint density at radius 3 is 2.74 bits per heavy atom. The van der Waals surface area contributed by atoms with E-state index in [-0.39, 0.29) is 34.8 Å². The maximum atomic E-state index is 13.1. The maximum Gasteiger partial charge on any atom is 0.257 e. The number of rotatable bonds is 7. The third kappa shape index (κ3) is 4.99. The Morgan fingerprint density at radius 2 is 2.00 bits per heavy atom. The molecule has 38 heavy (non-hydrogen) atoms. The van der Waals surface area contributed by atoms with Crippen molar-refractivity contribution in [2.24, 2.45) is 0 Å². The molecule has 1 aliphatic rings. The van der Waals surface area contributed by atoms with Gasteiger partial charge in [0.05, 0.1) is 23.5 Å². The Labute approximate surface area is 222 Å². The van der Waals surface area contributed by atoms with E-state index in [1.165, 1.54) is 6.07 Å². The van der Waals surface area contributed by atoms with Crippen LogP contribution in [0.25, 0.3) is 22.3 Å². The van der Waals surface area contributed by atoms with Gasteiger partial charge in [-0.15, -0.1) is 9.19 Å². The van der Waals surface area contributed by atoms with Crippen molar-refractivity contribution in [3.05, 3.63) is 69.9 Å². The van der Waals surface area contributed by atoms with E-state index in [1.54, 1.807) is 24.3 Å². The van der Waals surface area contributed by atoms with Crippen LogP contribution in [0, 0.1) is 0 Å². The number of likely N-dealkylation sites (N-methyl/N-ethyl adjacent to an activating group) is 1. The number of halogens is 1. The summed E-state index contributed by atoms with van der Waals surface area (Å²) >= 11 is 6.34. The Hall–Kier alpha value is -3.45. The topological polar surface area (TPSA) is 148 Å². The molecule has 0 bridgehead atoms. The van der Waals surface area contributed by atoms with Crippen LogP contribution < -0.4 is 5.43 Å². The van der Waals surface area contributed by atoms with Crippen LogP contribution in [-0.4, -0.2) is 76.3 Å². The molecule has 13 heteroatoms. The first-order chi connectivity index (χ1) is 18.2. The highest BCUT2D eigenvalue weighted by Crippen LogP contribution is 2.43. The van der Waals surface area contributed by atoms with Gasteiger partial charge in [0.2, 0.25) is 0 Å². The van der Waals surface area contributed by atoms with Gasteiger partial charge in [-0.25, -0.2) is 13.4 Å². The van der Waals surface area contributed by atoms with E-state index in [0.29, 0.717) is 35.7 Å². The van der Waals surface area contributed by atoms with Crippen LogP contribution in [0.15, 0.2) is 58.3 Å². The number of piperidine rings is 1. The molecule has 1 fully saturated rings. The first-order valence-corrected chi connectivity index (χ1v) is 13.8. The lowest BCUT2D eigenvalue weighted by atomic mass is 9.85. The van der Waals surface area contributed by atoms with E-state index in [9.17, 15) is 23.4 Å². The van der Waals surface area contributed by atoms with E-state index in [1.807, 2.05) is 11.9 Å². The zero-order valence-corrected chi connectivity index (χ0v) is 21.9. The molecule has 2 N–H and O–H groups in total. The van der Waals surface area contributed by atoms with Crippen molar-refractivity contribution in [3.63, 3.8) is 0 Å². The number of hydrogen-bond donors (Lipinski definition) is 2. The van der Waals surface area contributed by atoms with Crippen LogP contribution in [0.4, 0.5) is 0 Å². The number of phenols is 2. The second-order valence-corrected chi connectivity index (χ2v) is 11.5. The van der Waals surface area contributed by atoms with Gasteiger partial charge >= 0.3 is 0 Å². The molecule has 0 aliphatic carbocycles. The van der Waals surface area contributed by atoms with E-state index in [4.69, 9.17) is 20.8 Å². The molecule has 0 spiro atoms. The second-order valence-electron chi connectivity index (χ2n) is 9.14. The number of ether oxygens (including phenoxy) is 1. The highest BCUT2D eigenvalue weighted by molar-refractivity contribution is 7.89. The number of aromatic hydroxyl groups is 2. The standard InChI is InChI=1S/C25H25ClN4O7S/c1-29-7-6-16(22(12-29)36-8-9-38(34,35)30-14-27-13-28-30)23-18(31)10-19(32)24-20(33)11-21(37-25(23)24)15-4-2-3-5-17(15)26/h2-5,10-11,13-14,16,22,31-32H,6-9,12H2,1H3/t16-,22?/m0/s1. The van der Waals surface area contributed by atoms with Crippen LogP contribution in [0.3, 0.4) is 0 Å². The first-order valence-electron chi connectivity index (χ1n) is 11.8.